The zero-order valence-electron chi connectivity index (χ0n) is 23.0. The summed E-state index contributed by atoms with van der Waals surface area (Å²) >= 11 is 12.2. The van der Waals surface area contributed by atoms with Crippen LogP contribution < -0.4 is 9.62 Å². The number of amides is 2. The number of sulfonamides is 1. The summed E-state index contributed by atoms with van der Waals surface area (Å²) in [6.07, 6.45) is -4.81. The molecule has 0 spiro atoms. The molecule has 0 unspecified atom stereocenters. The van der Waals surface area contributed by atoms with Crippen molar-refractivity contribution in [1.82, 2.24) is 10.2 Å². The minimum atomic E-state index is -4.81. The van der Waals surface area contributed by atoms with E-state index in [1.54, 1.807) is 30.3 Å². The number of carbonyl (C=O) groups is 2. The van der Waals surface area contributed by atoms with Crippen molar-refractivity contribution in [3.63, 3.8) is 0 Å². The highest BCUT2D eigenvalue weighted by molar-refractivity contribution is 7.92. The summed E-state index contributed by atoms with van der Waals surface area (Å²) in [4.78, 5) is 27.8. The number of anilines is 1. The summed E-state index contributed by atoms with van der Waals surface area (Å²) in [5.74, 6) is -1.21. The van der Waals surface area contributed by atoms with Crippen LogP contribution in [0.2, 0.25) is 10.0 Å². The van der Waals surface area contributed by atoms with Crippen LogP contribution in [-0.2, 0) is 32.3 Å². The van der Waals surface area contributed by atoms with E-state index in [-0.39, 0.29) is 22.4 Å². The van der Waals surface area contributed by atoms with E-state index < -0.39 is 51.9 Å². The second kappa shape index (κ2) is 13.8. The lowest BCUT2D eigenvalue weighted by Crippen LogP contribution is -2.51. The normalized spacial score (nSPS) is 12.6. The number of rotatable bonds is 11. The summed E-state index contributed by atoms with van der Waals surface area (Å²) < 4.78 is 69.0. The van der Waals surface area contributed by atoms with Gasteiger partial charge in [0.2, 0.25) is 11.8 Å². The zero-order valence-corrected chi connectivity index (χ0v) is 25.4. The van der Waals surface area contributed by atoms with Crippen molar-refractivity contribution in [2.24, 2.45) is 5.92 Å². The molecule has 1 N–H and O–H groups in total. The van der Waals surface area contributed by atoms with Gasteiger partial charge in [0.05, 0.1) is 21.2 Å². The van der Waals surface area contributed by atoms with Crippen LogP contribution in [0.15, 0.2) is 77.7 Å². The predicted molar refractivity (Wildman–Crippen MR) is 157 cm³/mol. The standard InChI is InChI=1S/C29H30Cl2F3N3O4S/c1-19(2)16-35-28(39)20(3)36(17-21-9-12-23(30)13-10-21)27(38)18-37(42(40,41)24-7-5-4-6-8-24)26-15-22(29(32,33)34)11-14-25(26)31/h4-15,19-20H,16-18H2,1-3H3,(H,35,39)/t20-/m1/s1. The van der Waals surface area contributed by atoms with E-state index in [0.717, 1.165) is 17.0 Å². The first kappa shape index (κ1) is 33.2. The SMILES string of the molecule is CC(C)CNC(=O)[C@@H](C)N(Cc1ccc(Cl)cc1)C(=O)CN(c1cc(C(F)(F)F)ccc1Cl)S(=O)(=O)c1ccccc1. The number of nitrogens with one attached hydrogen (secondary N) is 1. The molecule has 0 saturated heterocycles. The Kier molecular flexibility index (Phi) is 10.9. The minimum Gasteiger partial charge on any atom is -0.354 e. The Hall–Kier alpha value is -3.28. The van der Waals surface area contributed by atoms with E-state index in [1.165, 1.54) is 31.2 Å². The maximum atomic E-state index is 13.9. The first-order chi connectivity index (χ1) is 19.6. The number of hydrogen-bond donors (Lipinski definition) is 1. The predicted octanol–water partition coefficient (Wildman–Crippen LogP) is 6.40. The Bertz CT molecular complexity index is 1500. The van der Waals surface area contributed by atoms with Crippen LogP contribution in [0.1, 0.15) is 31.9 Å². The molecule has 0 aromatic heterocycles. The molecule has 2 amide bonds. The Morgan fingerprint density at radius 3 is 2.12 bits per heavy atom. The fourth-order valence-electron chi connectivity index (χ4n) is 3.93. The second-order valence-electron chi connectivity index (χ2n) is 9.95. The minimum absolute atomic E-state index is 0.109. The van der Waals surface area contributed by atoms with Crippen molar-refractivity contribution >= 4 is 50.7 Å². The molecule has 3 aromatic carbocycles. The quantitative estimate of drug-likeness (QED) is 0.262. The van der Waals surface area contributed by atoms with Gasteiger partial charge in [-0.3, -0.25) is 13.9 Å². The first-order valence-electron chi connectivity index (χ1n) is 12.9. The molecular weight excluding hydrogens is 614 g/mol. The van der Waals surface area contributed by atoms with Crippen LogP contribution in [0, 0.1) is 5.92 Å². The topological polar surface area (TPSA) is 86.8 Å². The molecule has 0 saturated carbocycles. The fourth-order valence-corrected chi connectivity index (χ4v) is 5.78. The lowest BCUT2D eigenvalue weighted by molar-refractivity contribution is -0.139. The third-order valence-electron chi connectivity index (χ3n) is 6.27. The summed E-state index contributed by atoms with van der Waals surface area (Å²) in [6.45, 7) is 4.56. The van der Waals surface area contributed by atoms with E-state index in [9.17, 15) is 31.2 Å². The maximum absolute atomic E-state index is 13.9. The van der Waals surface area contributed by atoms with E-state index in [0.29, 0.717) is 27.5 Å². The van der Waals surface area contributed by atoms with Crippen molar-refractivity contribution in [1.29, 1.82) is 0 Å². The summed E-state index contributed by atoms with van der Waals surface area (Å²) in [5.41, 5.74) is -1.10. The molecule has 7 nitrogen and oxygen atoms in total. The molecule has 0 fully saturated rings. The maximum Gasteiger partial charge on any atom is 0.416 e. The first-order valence-corrected chi connectivity index (χ1v) is 15.1. The molecule has 0 aliphatic rings. The Morgan fingerprint density at radius 2 is 1.55 bits per heavy atom. The van der Waals surface area contributed by atoms with Crippen LogP contribution in [-0.4, -0.2) is 44.3 Å². The third-order valence-corrected chi connectivity index (χ3v) is 8.62. The molecule has 0 radical (unpaired) electrons. The average molecular weight is 645 g/mol. The number of carbonyl (C=O) groups excluding carboxylic acids is 2. The fraction of sp³-hybridized carbons (Fsp3) is 0.310. The Morgan fingerprint density at radius 1 is 0.929 bits per heavy atom. The van der Waals surface area contributed by atoms with Crippen LogP contribution in [0.3, 0.4) is 0 Å². The molecule has 226 valence electrons. The van der Waals surface area contributed by atoms with Gasteiger partial charge in [-0.05, 0) is 60.9 Å². The van der Waals surface area contributed by atoms with Gasteiger partial charge >= 0.3 is 6.18 Å². The number of alkyl halides is 3. The van der Waals surface area contributed by atoms with Crippen LogP contribution >= 0.6 is 23.2 Å². The van der Waals surface area contributed by atoms with Crippen molar-refractivity contribution < 1.29 is 31.2 Å². The highest BCUT2D eigenvalue weighted by Gasteiger charge is 2.36. The number of halogens is 5. The molecule has 0 aliphatic carbocycles. The lowest BCUT2D eigenvalue weighted by atomic mass is 10.1. The molecule has 3 aromatic rings. The van der Waals surface area contributed by atoms with Gasteiger partial charge in [0, 0.05) is 18.1 Å². The van der Waals surface area contributed by atoms with Gasteiger partial charge in [-0.1, -0.05) is 67.4 Å². The van der Waals surface area contributed by atoms with Gasteiger partial charge in [-0.25, -0.2) is 8.42 Å². The van der Waals surface area contributed by atoms with Crippen molar-refractivity contribution in [2.45, 2.75) is 44.4 Å². The van der Waals surface area contributed by atoms with E-state index in [4.69, 9.17) is 23.2 Å². The Balaban J connectivity index is 2.10. The van der Waals surface area contributed by atoms with Gasteiger partial charge in [0.15, 0.2) is 0 Å². The smallest absolute Gasteiger partial charge is 0.354 e. The third kappa shape index (κ3) is 8.39. The van der Waals surface area contributed by atoms with Crippen LogP contribution in [0.5, 0.6) is 0 Å². The molecular formula is C29H30Cl2F3N3O4S. The highest BCUT2D eigenvalue weighted by Crippen LogP contribution is 2.37. The lowest BCUT2D eigenvalue weighted by Gasteiger charge is -2.32. The molecule has 3 rings (SSSR count). The molecule has 1 atom stereocenters. The van der Waals surface area contributed by atoms with Gasteiger partial charge in [0.25, 0.3) is 10.0 Å². The average Bonchev–Trinajstić information content (AvgIpc) is 2.94. The number of benzene rings is 3. The molecule has 13 heteroatoms. The van der Waals surface area contributed by atoms with Crippen LogP contribution in [0.4, 0.5) is 18.9 Å². The summed E-state index contributed by atoms with van der Waals surface area (Å²) in [5, 5.41) is 2.88. The number of hydrogen-bond acceptors (Lipinski definition) is 4. The Labute approximate surface area is 253 Å². The zero-order chi connectivity index (χ0) is 31.2. The van der Waals surface area contributed by atoms with Crippen molar-refractivity contribution in [3.8, 4) is 0 Å². The monoisotopic (exact) mass is 643 g/mol. The van der Waals surface area contributed by atoms with Gasteiger partial charge in [-0.15, -0.1) is 0 Å². The highest BCUT2D eigenvalue weighted by atomic mass is 35.5. The summed E-state index contributed by atoms with van der Waals surface area (Å²) in [7, 11) is -4.60. The molecule has 42 heavy (non-hydrogen) atoms. The largest absolute Gasteiger partial charge is 0.416 e. The van der Waals surface area contributed by atoms with Gasteiger partial charge in [0.1, 0.15) is 12.6 Å². The summed E-state index contributed by atoms with van der Waals surface area (Å²) in [6, 6.07) is 14.6. The molecule has 0 aliphatic heterocycles. The van der Waals surface area contributed by atoms with Crippen LogP contribution in [0.25, 0.3) is 0 Å². The second-order valence-corrected chi connectivity index (χ2v) is 12.7. The van der Waals surface area contributed by atoms with E-state index in [2.05, 4.69) is 5.32 Å². The van der Waals surface area contributed by atoms with Crippen molar-refractivity contribution in [3.05, 3.63) is 94.0 Å². The molecule has 0 bridgehead atoms. The molecule has 0 heterocycles. The van der Waals surface area contributed by atoms with Crippen molar-refractivity contribution in [2.75, 3.05) is 17.4 Å². The van der Waals surface area contributed by atoms with E-state index >= 15 is 0 Å². The van der Waals surface area contributed by atoms with Gasteiger partial charge in [-0.2, -0.15) is 13.2 Å². The van der Waals surface area contributed by atoms with Gasteiger partial charge < -0.3 is 10.2 Å². The van der Waals surface area contributed by atoms with E-state index in [1.807, 2.05) is 13.8 Å². The number of nitrogens with zero attached hydrogens (tertiary/aromatic N) is 2.